The van der Waals surface area contributed by atoms with Crippen LogP contribution < -0.4 is 4.90 Å². The number of aryl methyl sites for hydroxylation is 1. The third kappa shape index (κ3) is 3.00. The normalized spacial score (nSPS) is 32.2. The Balaban J connectivity index is 1.59. The van der Waals surface area contributed by atoms with Crippen LogP contribution >= 0.6 is 0 Å². The van der Waals surface area contributed by atoms with Gasteiger partial charge in [0.2, 0.25) is 0 Å². The van der Waals surface area contributed by atoms with Gasteiger partial charge in [-0.25, -0.2) is 0 Å². The molecule has 0 aromatic heterocycles. The monoisotopic (exact) mass is 377 g/mol. The Bertz CT molecular complexity index is 816. The highest BCUT2D eigenvalue weighted by Crippen LogP contribution is 2.48. The minimum absolute atomic E-state index is 0.292. The summed E-state index contributed by atoms with van der Waals surface area (Å²) in [6, 6.07) is 8.26. The van der Waals surface area contributed by atoms with Gasteiger partial charge in [-0.2, -0.15) is 0 Å². The van der Waals surface area contributed by atoms with E-state index in [1.807, 2.05) is 0 Å². The van der Waals surface area contributed by atoms with Crippen LogP contribution in [0.1, 0.15) is 78.1 Å². The zero-order valence-electron chi connectivity index (χ0n) is 18.7. The van der Waals surface area contributed by atoms with Crippen LogP contribution in [0.3, 0.4) is 0 Å². The molecule has 0 radical (unpaired) electrons. The molecule has 5 rings (SSSR count). The maximum atomic E-state index is 9.73. The molecule has 1 aromatic rings. The van der Waals surface area contributed by atoms with Crippen LogP contribution in [0.4, 0.5) is 5.69 Å². The first-order valence-electron chi connectivity index (χ1n) is 12.2. The molecule has 0 bridgehead atoms. The summed E-state index contributed by atoms with van der Waals surface area (Å²) in [4.78, 5) is 5.16. The summed E-state index contributed by atoms with van der Waals surface area (Å²) in [6.45, 7) is 4.52. The number of anilines is 1. The van der Waals surface area contributed by atoms with Gasteiger partial charge >= 0.3 is 0 Å². The molecule has 2 saturated carbocycles. The van der Waals surface area contributed by atoms with Crippen LogP contribution in [0.2, 0.25) is 0 Å². The van der Waals surface area contributed by atoms with Crippen molar-refractivity contribution < 1.29 is 1.37 Å². The first kappa shape index (κ1) is 17.2. The van der Waals surface area contributed by atoms with Crippen molar-refractivity contribution in [3.8, 4) is 0 Å². The number of hydrogen-bond donors (Lipinski definition) is 0. The summed E-state index contributed by atoms with van der Waals surface area (Å²) in [5.41, 5.74) is 5.33. The van der Waals surface area contributed by atoms with Crippen molar-refractivity contribution in [2.45, 2.75) is 90.2 Å². The van der Waals surface area contributed by atoms with Gasteiger partial charge in [-0.05, 0) is 69.1 Å². The molecule has 2 heteroatoms. The summed E-state index contributed by atoms with van der Waals surface area (Å²) in [5, 5.41) is 0. The van der Waals surface area contributed by atoms with E-state index < -0.39 is 6.02 Å². The molecule has 2 atom stereocenters. The van der Waals surface area contributed by atoms with Crippen molar-refractivity contribution in [2.75, 3.05) is 4.90 Å². The van der Waals surface area contributed by atoms with Crippen molar-refractivity contribution in [1.29, 1.82) is 0 Å². The largest absolute Gasteiger partial charge is 0.342 e. The number of benzene rings is 1. The van der Waals surface area contributed by atoms with Gasteiger partial charge in [0.25, 0.3) is 0 Å². The van der Waals surface area contributed by atoms with Gasteiger partial charge in [-0.15, -0.1) is 0 Å². The quantitative estimate of drug-likeness (QED) is 0.573. The molecule has 2 heterocycles. The standard InChI is InChI=1S/C26H36N2/c1-19-11-9-10-16-23(19)27-20(2)24-17-18-25(21-12-5-3-6-13-21)28(24)26(27)22-14-7-4-8-15-22/h9-11,16-18,21-22,25-26H,3-8,12-15H2,1-2H3/i25D. The molecule has 0 amide bonds. The Morgan fingerprint density at radius 3 is 2.18 bits per heavy atom. The maximum absolute atomic E-state index is 9.73. The number of allylic oxidation sites excluding steroid dienone is 2. The third-order valence-electron chi connectivity index (χ3n) is 7.68. The van der Waals surface area contributed by atoms with Gasteiger partial charge in [0.05, 0.1) is 13.1 Å². The van der Waals surface area contributed by atoms with E-state index in [9.17, 15) is 1.37 Å². The van der Waals surface area contributed by atoms with E-state index in [2.05, 4.69) is 60.1 Å². The van der Waals surface area contributed by atoms with E-state index in [0.29, 0.717) is 18.0 Å². The smallest absolute Gasteiger partial charge is 0.109 e. The third-order valence-corrected chi connectivity index (χ3v) is 7.68. The van der Waals surface area contributed by atoms with E-state index >= 15 is 0 Å². The highest BCUT2D eigenvalue weighted by atomic mass is 15.4. The Kier molecular flexibility index (Phi) is 4.67. The minimum atomic E-state index is -0.573. The second-order valence-electron chi connectivity index (χ2n) is 9.40. The first-order valence-corrected chi connectivity index (χ1v) is 11.7. The van der Waals surface area contributed by atoms with Gasteiger partial charge in [0.15, 0.2) is 0 Å². The number of fused-ring (bicyclic) bond motifs is 1. The molecule has 2 fully saturated rings. The maximum Gasteiger partial charge on any atom is 0.109 e. The molecule has 0 N–H and O–H groups in total. The molecule has 4 aliphatic rings. The van der Waals surface area contributed by atoms with E-state index in [1.165, 1.54) is 86.9 Å². The van der Waals surface area contributed by atoms with E-state index in [0.717, 1.165) is 0 Å². The molecule has 150 valence electrons. The zero-order chi connectivity index (χ0) is 20.0. The van der Waals surface area contributed by atoms with Crippen molar-refractivity contribution in [3.63, 3.8) is 0 Å². The van der Waals surface area contributed by atoms with Crippen LogP contribution in [0.5, 0.6) is 0 Å². The van der Waals surface area contributed by atoms with Crippen molar-refractivity contribution in [1.82, 2.24) is 4.90 Å². The predicted molar refractivity (Wildman–Crippen MR) is 118 cm³/mol. The summed E-state index contributed by atoms with van der Waals surface area (Å²) < 4.78 is 9.73. The van der Waals surface area contributed by atoms with Crippen molar-refractivity contribution >= 4 is 5.69 Å². The van der Waals surface area contributed by atoms with Gasteiger partial charge in [0.1, 0.15) is 6.17 Å². The number of nitrogens with zero attached hydrogens (tertiary/aromatic N) is 2. The molecular weight excluding hydrogens is 340 g/mol. The highest BCUT2D eigenvalue weighted by molar-refractivity contribution is 5.62. The Morgan fingerprint density at radius 2 is 1.50 bits per heavy atom. The molecule has 2 aliphatic carbocycles. The second kappa shape index (κ2) is 7.61. The van der Waals surface area contributed by atoms with E-state index in [4.69, 9.17) is 0 Å². The van der Waals surface area contributed by atoms with Gasteiger partial charge in [0, 0.05) is 11.4 Å². The van der Waals surface area contributed by atoms with E-state index in [1.54, 1.807) is 0 Å². The molecule has 28 heavy (non-hydrogen) atoms. The van der Waals surface area contributed by atoms with E-state index in [-0.39, 0.29) is 0 Å². The average molecular weight is 378 g/mol. The van der Waals surface area contributed by atoms with Crippen molar-refractivity contribution in [2.24, 2.45) is 11.8 Å². The lowest BCUT2D eigenvalue weighted by atomic mass is 9.81. The molecule has 1 aromatic carbocycles. The van der Waals surface area contributed by atoms with Crippen LogP contribution in [0, 0.1) is 18.8 Å². The van der Waals surface area contributed by atoms with Gasteiger partial charge in [-0.3, -0.25) is 0 Å². The number of para-hydroxylation sites is 1. The molecule has 0 saturated heterocycles. The fraction of sp³-hybridized carbons (Fsp3) is 0.615. The number of rotatable bonds is 3. The Morgan fingerprint density at radius 1 is 0.857 bits per heavy atom. The topological polar surface area (TPSA) is 6.48 Å². The Hall–Kier alpha value is -1.70. The molecule has 2 nitrogen and oxygen atoms in total. The summed E-state index contributed by atoms with van der Waals surface area (Å²) in [6.07, 6.45) is 17.8. The average Bonchev–Trinajstić information content (AvgIpc) is 3.26. The van der Waals surface area contributed by atoms with Gasteiger partial charge < -0.3 is 9.80 Å². The first-order chi connectivity index (χ1) is 14.1. The highest BCUT2D eigenvalue weighted by Gasteiger charge is 2.47. The fourth-order valence-corrected chi connectivity index (χ4v) is 6.23. The van der Waals surface area contributed by atoms with Crippen molar-refractivity contribution in [3.05, 3.63) is 53.4 Å². The molecular formula is C26H36N2. The SMILES string of the molecule is [2H]C1(C2CCCCC2)C=CC2=C(C)N(c3ccccc3C)C(C3CCCCC3)N21. The molecule has 0 spiro atoms. The number of hydrogen-bond acceptors (Lipinski definition) is 2. The second-order valence-corrected chi connectivity index (χ2v) is 9.40. The lowest BCUT2D eigenvalue weighted by molar-refractivity contribution is 0.115. The lowest BCUT2D eigenvalue weighted by Crippen LogP contribution is -2.51. The Labute approximate surface area is 172 Å². The van der Waals surface area contributed by atoms with Crippen LogP contribution in [-0.4, -0.2) is 17.1 Å². The van der Waals surface area contributed by atoms with Crippen LogP contribution in [0.15, 0.2) is 47.8 Å². The fourth-order valence-electron chi connectivity index (χ4n) is 6.23. The summed E-state index contributed by atoms with van der Waals surface area (Å²) in [5.74, 6) is 1.10. The molecule has 2 aliphatic heterocycles. The summed E-state index contributed by atoms with van der Waals surface area (Å²) >= 11 is 0. The molecule has 2 unspecified atom stereocenters. The minimum Gasteiger partial charge on any atom is -0.342 e. The summed E-state index contributed by atoms with van der Waals surface area (Å²) in [7, 11) is 0. The van der Waals surface area contributed by atoms with Crippen LogP contribution in [0.25, 0.3) is 0 Å². The van der Waals surface area contributed by atoms with Crippen LogP contribution in [-0.2, 0) is 0 Å². The van der Waals surface area contributed by atoms with Gasteiger partial charge in [-0.1, -0.05) is 62.8 Å². The lowest BCUT2D eigenvalue weighted by Gasteiger charge is -2.45. The predicted octanol–water partition coefficient (Wildman–Crippen LogP) is 6.77. The zero-order valence-corrected chi connectivity index (χ0v) is 17.7.